The predicted octanol–water partition coefficient (Wildman–Crippen LogP) is 4.75. The lowest BCUT2D eigenvalue weighted by Gasteiger charge is -2.07. The average molecular weight is 376 g/mol. The first kappa shape index (κ1) is 17.0. The molecule has 1 aliphatic heterocycles. The zero-order valence-electron chi connectivity index (χ0n) is 12.9. The topological polar surface area (TPSA) is 29.5 Å². The first-order chi connectivity index (χ1) is 11.5. The number of halogens is 1. The molecule has 1 saturated heterocycles. The number of carbonyl (C=O) groups excluding carboxylic acids is 1. The van der Waals surface area contributed by atoms with Crippen molar-refractivity contribution in [3.63, 3.8) is 0 Å². The Bertz CT molecular complexity index is 818. The van der Waals surface area contributed by atoms with Crippen LogP contribution in [0.25, 0.3) is 6.08 Å². The van der Waals surface area contributed by atoms with Gasteiger partial charge in [0.1, 0.15) is 16.7 Å². The molecule has 2 aromatic rings. The second kappa shape index (κ2) is 7.38. The monoisotopic (exact) mass is 375 g/mol. The number of nitrogens with zero attached hydrogens (tertiary/aromatic N) is 1. The van der Waals surface area contributed by atoms with Gasteiger partial charge in [-0.25, -0.2) is 0 Å². The molecule has 1 heterocycles. The van der Waals surface area contributed by atoms with Gasteiger partial charge in [0.25, 0.3) is 5.91 Å². The molecule has 3 rings (SSSR count). The summed E-state index contributed by atoms with van der Waals surface area (Å²) in [5, 5.41) is 0.703. The van der Waals surface area contributed by atoms with Gasteiger partial charge in [-0.3, -0.25) is 9.69 Å². The summed E-state index contributed by atoms with van der Waals surface area (Å²) in [5.41, 5.74) is 1.94. The lowest BCUT2D eigenvalue weighted by molar-refractivity contribution is -0.121. The Kier molecular flexibility index (Phi) is 5.23. The van der Waals surface area contributed by atoms with Crippen LogP contribution in [0.2, 0.25) is 5.02 Å². The summed E-state index contributed by atoms with van der Waals surface area (Å²) in [6.45, 7) is 0.456. The van der Waals surface area contributed by atoms with Crippen molar-refractivity contribution >= 4 is 51.9 Å². The quantitative estimate of drug-likeness (QED) is 0.569. The van der Waals surface area contributed by atoms with Gasteiger partial charge >= 0.3 is 0 Å². The van der Waals surface area contributed by atoms with Crippen molar-refractivity contribution < 1.29 is 9.53 Å². The van der Waals surface area contributed by atoms with Gasteiger partial charge in [-0.05, 0) is 41.5 Å². The Balaban J connectivity index is 1.71. The summed E-state index contributed by atoms with van der Waals surface area (Å²) in [6, 6.07) is 15.1. The van der Waals surface area contributed by atoms with Crippen LogP contribution in [0.4, 0.5) is 0 Å². The fraction of sp³-hybridized carbons (Fsp3) is 0.111. The molecule has 0 radical (unpaired) electrons. The third kappa shape index (κ3) is 3.98. The van der Waals surface area contributed by atoms with E-state index in [0.717, 1.165) is 16.9 Å². The molecule has 6 heteroatoms. The van der Waals surface area contributed by atoms with Crippen molar-refractivity contribution in [3.8, 4) is 5.75 Å². The standard InChI is InChI=1S/C18H14ClNO2S2/c1-20-17(21)16(24-18(20)23)10-13-3-2-4-15(9-13)22-11-12-5-7-14(19)8-6-12/h2-10H,11H2,1H3. The largest absolute Gasteiger partial charge is 0.489 e. The van der Waals surface area contributed by atoms with Gasteiger partial charge in [-0.2, -0.15) is 0 Å². The molecule has 0 unspecified atom stereocenters. The van der Waals surface area contributed by atoms with Crippen LogP contribution in [0.5, 0.6) is 5.75 Å². The van der Waals surface area contributed by atoms with Gasteiger partial charge in [0.05, 0.1) is 4.91 Å². The fourth-order valence-electron chi connectivity index (χ4n) is 2.14. The Morgan fingerprint density at radius 3 is 2.67 bits per heavy atom. The minimum Gasteiger partial charge on any atom is -0.489 e. The number of carbonyl (C=O) groups is 1. The van der Waals surface area contributed by atoms with Crippen molar-refractivity contribution in [2.45, 2.75) is 6.61 Å². The van der Waals surface area contributed by atoms with E-state index in [1.54, 1.807) is 7.05 Å². The number of ether oxygens (including phenoxy) is 1. The van der Waals surface area contributed by atoms with Crippen molar-refractivity contribution in [2.75, 3.05) is 7.05 Å². The summed E-state index contributed by atoms with van der Waals surface area (Å²) in [4.78, 5) is 14.2. The van der Waals surface area contributed by atoms with Gasteiger partial charge in [-0.15, -0.1) is 0 Å². The molecule has 0 N–H and O–H groups in total. The molecule has 122 valence electrons. The Morgan fingerprint density at radius 1 is 1.25 bits per heavy atom. The van der Waals surface area contributed by atoms with Crippen LogP contribution in [0.15, 0.2) is 53.4 Å². The zero-order chi connectivity index (χ0) is 17.1. The van der Waals surface area contributed by atoms with Gasteiger partial charge in [0.2, 0.25) is 0 Å². The number of thiocarbonyl (C=S) groups is 1. The van der Waals surface area contributed by atoms with E-state index in [9.17, 15) is 4.79 Å². The van der Waals surface area contributed by atoms with Crippen molar-refractivity contribution in [1.29, 1.82) is 0 Å². The number of thioether (sulfide) groups is 1. The van der Waals surface area contributed by atoms with Crippen LogP contribution < -0.4 is 4.74 Å². The van der Waals surface area contributed by atoms with Crippen molar-refractivity contribution in [1.82, 2.24) is 4.90 Å². The molecule has 1 fully saturated rings. The normalized spacial score (nSPS) is 16.1. The van der Waals surface area contributed by atoms with Crippen molar-refractivity contribution in [2.24, 2.45) is 0 Å². The summed E-state index contributed by atoms with van der Waals surface area (Å²) < 4.78 is 6.38. The molecule has 3 nitrogen and oxygen atoms in total. The summed E-state index contributed by atoms with van der Waals surface area (Å²) in [5.74, 6) is 0.670. The summed E-state index contributed by atoms with van der Waals surface area (Å²) in [7, 11) is 1.68. The van der Waals surface area contributed by atoms with E-state index in [0.29, 0.717) is 20.9 Å². The van der Waals surface area contributed by atoms with E-state index in [1.807, 2.05) is 54.6 Å². The van der Waals surface area contributed by atoms with Gasteiger partial charge < -0.3 is 4.74 Å². The predicted molar refractivity (Wildman–Crippen MR) is 103 cm³/mol. The van der Waals surface area contributed by atoms with E-state index in [-0.39, 0.29) is 5.91 Å². The second-order valence-corrected chi connectivity index (χ2v) is 7.34. The molecule has 2 aromatic carbocycles. The first-order valence-electron chi connectivity index (χ1n) is 7.22. The highest BCUT2D eigenvalue weighted by atomic mass is 35.5. The minimum absolute atomic E-state index is 0.0718. The van der Waals surface area contributed by atoms with E-state index in [2.05, 4.69) is 0 Å². The highest BCUT2D eigenvalue weighted by Gasteiger charge is 2.28. The highest BCUT2D eigenvalue weighted by Crippen LogP contribution is 2.31. The molecule has 24 heavy (non-hydrogen) atoms. The zero-order valence-corrected chi connectivity index (χ0v) is 15.3. The number of hydrogen-bond acceptors (Lipinski definition) is 4. The maximum atomic E-state index is 12.1. The maximum Gasteiger partial charge on any atom is 0.265 e. The number of benzene rings is 2. The highest BCUT2D eigenvalue weighted by molar-refractivity contribution is 8.26. The summed E-state index contributed by atoms with van der Waals surface area (Å²) >= 11 is 12.3. The van der Waals surface area contributed by atoms with Gasteiger partial charge in [0.15, 0.2) is 0 Å². The minimum atomic E-state index is -0.0718. The SMILES string of the molecule is CN1C(=O)C(=Cc2cccc(OCc3ccc(Cl)cc3)c2)SC1=S. The Labute approximate surface area is 155 Å². The molecule has 1 aliphatic rings. The smallest absolute Gasteiger partial charge is 0.265 e. The van der Waals surface area contributed by atoms with Crippen LogP contribution in [0, 0.1) is 0 Å². The van der Waals surface area contributed by atoms with E-state index in [1.165, 1.54) is 16.7 Å². The maximum absolute atomic E-state index is 12.1. The third-order valence-corrected chi connectivity index (χ3v) is 5.20. The fourth-order valence-corrected chi connectivity index (χ4v) is 3.44. The molecule has 0 atom stereocenters. The third-order valence-electron chi connectivity index (χ3n) is 3.46. The first-order valence-corrected chi connectivity index (χ1v) is 8.82. The van der Waals surface area contributed by atoms with Crippen LogP contribution in [0.3, 0.4) is 0 Å². The number of rotatable bonds is 4. The molecular formula is C18H14ClNO2S2. The van der Waals surface area contributed by atoms with Crippen LogP contribution in [-0.2, 0) is 11.4 Å². The lowest BCUT2D eigenvalue weighted by Crippen LogP contribution is -2.22. The summed E-state index contributed by atoms with van der Waals surface area (Å²) in [6.07, 6.45) is 1.83. The Hall–Kier alpha value is -1.82. The molecule has 0 spiro atoms. The number of hydrogen-bond donors (Lipinski definition) is 0. The molecule has 1 amide bonds. The molecule has 0 aliphatic carbocycles. The van der Waals surface area contributed by atoms with E-state index < -0.39 is 0 Å². The number of amides is 1. The second-order valence-electron chi connectivity index (χ2n) is 5.23. The van der Waals surface area contributed by atoms with Gasteiger partial charge in [-0.1, -0.05) is 59.8 Å². The molecule has 0 saturated carbocycles. The van der Waals surface area contributed by atoms with E-state index >= 15 is 0 Å². The lowest BCUT2D eigenvalue weighted by atomic mass is 10.2. The van der Waals surface area contributed by atoms with Gasteiger partial charge in [0, 0.05) is 12.1 Å². The molecule has 0 aromatic heterocycles. The Morgan fingerprint density at radius 2 is 2.00 bits per heavy atom. The van der Waals surface area contributed by atoms with Crippen molar-refractivity contribution in [3.05, 3.63) is 69.6 Å². The van der Waals surface area contributed by atoms with Crippen LogP contribution in [-0.4, -0.2) is 22.2 Å². The number of likely N-dealkylation sites (N-methyl/N-ethyl adjacent to an activating group) is 1. The van der Waals surface area contributed by atoms with Crippen LogP contribution in [0.1, 0.15) is 11.1 Å². The van der Waals surface area contributed by atoms with Crippen LogP contribution >= 0.6 is 35.6 Å². The molecule has 0 bridgehead atoms. The molecular weight excluding hydrogens is 362 g/mol. The average Bonchev–Trinajstić information content (AvgIpc) is 2.82. The van der Waals surface area contributed by atoms with E-state index in [4.69, 9.17) is 28.6 Å².